The molecule has 2 aliphatic carbocycles. The molecule has 0 aliphatic heterocycles. The number of aliphatic carboxylic acids is 2. The number of furan rings is 2. The van der Waals surface area contributed by atoms with Gasteiger partial charge in [-0.2, -0.15) is 0 Å². The summed E-state index contributed by atoms with van der Waals surface area (Å²) in [5, 5.41) is 39.5. The zero-order valence-electron chi connectivity index (χ0n) is 51.0. The number of carbonyl (C=O) groups is 5. The van der Waals surface area contributed by atoms with Gasteiger partial charge in [0.15, 0.2) is 12.6 Å². The molecule has 2 fully saturated rings. The summed E-state index contributed by atoms with van der Waals surface area (Å²) in [6.07, 6.45) is 18.8. The van der Waals surface area contributed by atoms with E-state index < -0.39 is 52.6 Å². The lowest BCUT2D eigenvalue weighted by molar-refractivity contribution is -0.408. The van der Waals surface area contributed by atoms with Crippen LogP contribution in [0, 0.1) is 6.92 Å². The molecule has 23 heteroatoms. The van der Waals surface area contributed by atoms with Gasteiger partial charge in [0.05, 0.1) is 56.2 Å². The summed E-state index contributed by atoms with van der Waals surface area (Å²) < 4.78 is 56.5. The van der Waals surface area contributed by atoms with Gasteiger partial charge in [-0.05, 0) is 134 Å². The third kappa shape index (κ3) is 18.4. The number of carboxylic acids is 3. The van der Waals surface area contributed by atoms with Crippen molar-refractivity contribution in [2.24, 2.45) is 0 Å². The highest BCUT2D eigenvalue weighted by atomic mass is 32.2. The Morgan fingerprint density at radius 3 is 1.66 bits per heavy atom. The lowest BCUT2D eigenvalue weighted by atomic mass is 9.95. The van der Waals surface area contributed by atoms with Crippen LogP contribution in [0.5, 0.6) is 11.5 Å². The lowest BCUT2D eigenvalue weighted by Gasteiger charge is -2.25. The maximum atomic E-state index is 13.1. The van der Waals surface area contributed by atoms with E-state index in [2.05, 4.69) is 20.2 Å². The van der Waals surface area contributed by atoms with Crippen molar-refractivity contribution in [3.63, 3.8) is 0 Å². The number of rotatable bonds is 19. The van der Waals surface area contributed by atoms with Crippen molar-refractivity contribution in [3.8, 4) is 34.3 Å². The Labute approximate surface area is 536 Å². The van der Waals surface area contributed by atoms with Gasteiger partial charge in [-0.1, -0.05) is 111 Å². The summed E-state index contributed by atoms with van der Waals surface area (Å²) in [6, 6.07) is 41.8. The topological polar surface area (TPSA) is 344 Å². The first-order chi connectivity index (χ1) is 44.8. The molecule has 0 saturated heterocycles. The van der Waals surface area contributed by atoms with E-state index in [-0.39, 0.29) is 35.2 Å². The number of aromatic nitrogens is 4. The van der Waals surface area contributed by atoms with Crippen LogP contribution >= 0.6 is 0 Å². The molecule has 0 bridgehead atoms. The lowest BCUT2D eigenvalue weighted by Crippen LogP contribution is -2.66. The van der Waals surface area contributed by atoms with E-state index in [9.17, 15) is 52.3 Å². The van der Waals surface area contributed by atoms with E-state index in [0.717, 1.165) is 94.5 Å². The van der Waals surface area contributed by atoms with Crippen molar-refractivity contribution in [2.45, 2.75) is 120 Å². The number of nitrogens with one attached hydrogen (secondary N) is 1. The average Bonchev–Trinajstić information content (AvgIpc) is 1.63. The number of carbonyl (C=O) groups excluding carboxylic acids is 2. The number of phenols is 1. The maximum absolute atomic E-state index is 13.1. The van der Waals surface area contributed by atoms with E-state index in [1.807, 2.05) is 61.5 Å². The van der Waals surface area contributed by atoms with E-state index in [1.165, 1.54) is 37.8 Å². The predicted molar refractivity (Wildman–Crippen MR) is 342 cm³/mol. The van der Waals surface area contributed by atoms with Crippen molar-refractivity contribution >= 4 is 62.0 Å². The number of imidazole rings is 2. The number of carboxylic acid groups (broad SMARTS) is 3. The Morgan fingerprint density at radius 1 is 0.645 bits per heavy atom. The Balaban J connectivity index is 0.000000161. The van der Waals surface area contributed by atoms with Crippen LogP contribution in [0.25, 0.3) is 44.8 Å². The zero-order chi connectivity index (χ0) is 66.0. The Hall–Kier alpha value is -10.4. The first-order valence-corrected chi connectivity index (χ1v) is 31.8. The van der Waals surface area contributed by atoms with Crippen molar-refractivity contribution < 1.29 is 81.4 Å². The second-order valence-electron chi connectivity index (χ2n) is 22.8. The molecule has 2 atom stereocenters. The molecule has 4 heterocycles. The molecular formula is C70H72N6O16S. The minimum absolute atomic E-state index is 0.0451. The normalized spacial score (nSPS) is 14.0. The number of benzene rings is 6. The van der Waals surface area contributed by atoms with Gasteiger partial charge in [0, 0.05) is 30.5 Å². The molecule has 2 aliphatic rings. The maximum Gasteiger partial charge on any atom is 0.365 e. The molecule has 8 N–H and O–H groups in total. The number of hydrogen-bond acceptors (Lipinski definition) is 15. The smallest absolute Gasteiger partial charge is 0.365 e. The van der Waals surface area contributed by atoms with Gasteiger partial charge in [0.1, 0.15) is 58.4 Å². The number of esters is 1. The van der Waals surface area contributed by atoms with Crippen LogP contribution in [0.3, 0.4) is 0 Å². The molecule has 93 heavy (non-hydrogen) atoms. The predicted octanol–water partition coefficient (Wildman–Crippen LogP) is 11.4. The van der Waals surface area contributed by atoms with Crippen LogP contribution in [-0.2, 0) is 48.7 Å². The van der Waals surface area contributed by atoms with Crippen LogP contribution in [0.15, 0.2) is 190 Å². The van der Waals surface area contributed by atoms with Crippen molar-refractivity contribution in [1.29, 1.82) is 0 Å². The quantitative estimate of drug-likeness (QED) is 0.0323. The number of phenolic OH excluding ortho intramolecular Hbond substituents is 1. The number of fused-ring (bicyclic) bond motifs is 2. The summed E-state index contributed by atoms with van der Waals surface area (Å²) in [5.74, 6) is -1.79. The van der Waals surface area contributed by atoms with Crippen LogP contribution < -0.4 is 15.8 Å². The Bertz CT molecular complexity index is 4240. The molecule has 2 saturated carbocycles. The van der Waals surface area contributed by atoms with Gasteiger partial charge in [0.2, 0.25) is 0 Å². The number of aromatic hydroxyl groups is 1. The zero-order valence-corrected chi connectivity index (χ0v) is 51.9. The highest BCUT2D eigenvalue weighted by Crippen LogP contribution is 2.38. The minimum atomic E-state index is -4.27. The number of ether oxygens (including phenoxy) is 2. The number of hydrogen-bond donors (Lipinski definition) is 6. The van der Waals surface area contributed by atoms with E-state index in [1.54, 1.807) is 110 Å². The number of aromatic carboxylic acids is 1. The highest BCUT2D eigenvalue weighted by Gasteiger charge is 2.27. The first kappa shape index (κ1) is 67.0. The largest absolute Gasteiger partial charge is 0.744 e. The van der Waals surface area contributed by atoms with Gasteiger partial charge in [-0.15, -0.1) is 0 Å². The van der Waals surface area contributed by atoms with Gasteiger partial charge >= 0.3 is 23.9 Å². The first-order valence-electron chi connectivity index (χ1n) is 30.4. The molecular weight excluding hydrogens is 1210 g/mol. The van der Waals surface area contributed by atoms with E-state index in [4.69, 9.17) is 33.4 Å². The summed E-state index contributed by atoms with van der Waals surface area (Å²) in [5.41, 5.74) is 13.0. The SMILES string of the molecule is Cc1ccc(S(=O)(=O)[O-])cc1.O=C(O)COc1ccc(C[C@H](NC(=O)c2ccc3c(c2)nc(-c2ccoc2)n3C2CCCCC2)C(=O)O)cc1.O=C(O)c1ccc2c(c1)nc(-c1ccoc1)n2C1CCCCC1.[NH3+][C@@H](Cc1ccc(O)cc1)C(=O)OCc1ccccc1. The van der Waals surface area contributed by atoms with Gasteiger partial charge < -0.3 is 63.5 Å². The molecule has 0 radical (unpaired) electrons. The van der Waals surface area contributed by atoms with E-state index in [0.29, 0.717) is 40.9 Å². The standard InChI is InChI=1S/C29H29N3O7.C18H18N2O3.C16H17NO3.C7H8O3S/c33-26(34)17-39-22-9-6-18(7-10-22)14-24(29(36)37)31-28(35)19-8-11-25-23(15-19)30-27(20-12-13-38-16-20)32(25)21-4-2-1-3-5-21;21-18(22)12-6-7-16-15(10-12)19-17(13-8-9-23-11-13)20(16)14-4-2-1-3-5-14;17-15(10-12-6-8-14(18)9-7-12)16(19)20-11-13-4-2-1-3-5-13;1-6-2-4-7(5-3-6)11(8,9)10/h6-13,15-16,21,24H,1-5,14,17H2,(H,31,35)(H,33,34)(H,36,37);6-11,14H,1-5H2,(H,21,22);1-9,15,18H,10-11,17H2;2-5H,1H3,(H,8,9,10)/t24-;;15-;/m0.0./s1. The van der Waals surface area contributed by atoms with Crippen molar-refractivity contribution in [1.82, 2.24) is 24.4 Å². The van der Waals surface area contributed by atoms with Gasteiger partial charge in [-0.25, -0.2) is 37.6 Å². The summed E-state index contributed by atoms with van der Waals surface area (Å²) in [4.78, 5) is 68.2. The fraction of sp³-hybridized carbons (Fsp3) is 0.271. The molecule has 0 unspecified atom stereocenters. The molecule has 10 aromatic rings. The van der Waals surface area contributed by atoms with Crippen LogP contribution in [0.2, 0.25) is 0 Å². The molecule has 0 spiro atoms. The third-order valence-electron chi connectivity index (χ3n) is 15.9. The minimum Gasteiger partial charge on any atom is -0.744 e. The fourth-order valence-corrected chi connectivity index (χ4v) is 11.6. The molecule has 1 amide bonds. The Kier molecular flexibility index (Phi) is 22.8. The fourth-order valence-electron chi connectivity index (χ4n) is 11.2. The summed E-state index contributed by atoms with van der Waals surface area (Å²) in [7, 11) is -4.27. The summed E-state index contributed by atoms with van der Waals surface area (Å²) >= 11 is 0. The molecule has 22 nitrogen and oxygen atoms in total. The van der Waals surface area contributed by atoms with Crippen molar-refractivity contribution in [2.75, 3.05) is 6.61 Å². The van der Waals surface area contributed by atoms with Crippen LogP contribution in [0.1, 0.15) is 119 Å². The number of aryl methyl sites for hydroxylation is 1. The van der Waals surface area contributed by atoms with Crippen LogP contribution in [0.4, 0.5) is 0 Å². The molecule has 6 aromatic carbocycles. The molecule has 12 rings (SSSR count). The number of quaternary nitrogens is 1. The third-order valence-corrected chi connectivity index (χ3v) is 16.8. The second-order valence-corrected chi connectivity index (χ2v) is 24.1. The Morgan fingerprint density at radius 2 is 1.16 bits per heavy atom. The number of nitrogens with zero attached hydrogens (tertiary/aromatic N) is 4. The monoisotopic (exact) mass is 1280 g/mol. The molecule has 484 valence electrons. The average molecular weight is 1290 g/mol. The van der Waals surface area contributed by atoms with Crippen LogP contribution in [-0.4, -0.2) is 101 Å². The number of amides is 1. The van der Waals surface area contributed by atoms with Gasteiger partial charge in [-0.3, -0.25) is 4.79 Å². The van der Waals surface area contributed by atoms with Crippen molar-refractivity contribution in [3.05, 3.63) is 210 Å². The van der Waals surface area contributed by atoms with Gasteiger partial charge in [0.25, 0.3) is 5.91 Å². The van der Waals surface area contributed by atoms with E-state index >= 15 is 0 Å². The highest BCUT2D eigenvalue weighted by molar-refractivity contribution is 7.85. The summed E-state index contributed by atoms with van der Waals surface area (Å²) in [6.45, 7) is 1.61. The molecule has 4 aromatic heterocycles. The second kappa shape index (κ2) is 31.6.